The lowest BCUT2D eigenvalue weighted by Gasteiger charge is -2.07. The van der Waals surface area contributed by atoms with Gasteiger partial charge < -0.3 is 23.4 Å². The summed E-state index contributed by atoms with van der Waals surface area (Å²) in [6, 6.07) is 10.4. The van der Waals surface area contributed by atoms with Gasteiger partial charge in [0.15, 0.2) is 11.5 Å². The Morgan fingerprint density at radius 1 is 1.04 bits per heavy atom. The molecular formula is C19H17N3O6. The molecule has 4 rings (SSSR count). The molecule has 0 atom stereocenters. The van der Waals surface area contributed by atoms with Crippen LogP contribution < -0.4 is 24.3 Å². The Morgan fingerprint density at radius 3 is 2.54 bits per heavy atom. The first kappa shape index (κ1) is 17.7. The molecule has 0 radical (unpaired) electrons. The molecule has 3 aromatic rings. The number of carbonyl (C=O) groups excluding carboxylic acids is 1. The number of nitrogens with one attached hydrogen (secondary N) is 1. The number of hydrogen-bond acceptors (Lipinski definition) is 8. The Labute approximate surface area is 160 Å². The molecule has 0 spiro atoms. The van der Waals surface area contributed by atoms with Crippen LogP contribution in [0.5, 0.6) is 23.0 Å². The molecule has 28 heavy (non-hydrogen) atoms. The highest BCUT2D eigenvalue weighted by Gasteiger charge is 2.16. The fourth-order valence-electron chi connectivity index (χ4n) is 2.71. The van der Waals surface area contributed by atoms with E-state index in [1.165, 1.54) is 14.2 Å². The smallest absolute Gasteiger partial charge is 0.322 e. The molecule has 0 saturated heterocycles. The molecule has 1 aromatic heterocycles. The molecule has 0 bridgehead atoms. The summed E-state index contributed by atoms with van der Waals surface area (Å²) in [5.41, 5.74) is 1.26. The molecule has 0 aliphatic carbocycles. The zero-order chi connectivity index (χ0) is 19.5. The number of anilines is 1. The van der Waals surface area contributed by atoms with Crippen LogP contribution >= 0.6 is 0 Å². The Hall–Kier alpha value is -3.75. The zero-order valence-electron chi connectivity index (χ0n) is 15.2. The largest absolute Gasteiger partial charge is 0.497 e. The normalized spacial score (nSPS) is 11.9. The molecule has 0 unspecified atom stereocenters. The number of carbonyl (C=O) groups is 1. The third kappa shape index (κ3) is 3.68. The van der Waals surface area contributed by atoms with Gasteiger partial charge in [0.1, 0.15) is 11.5 Å². The molecular weight excluding hydrogens is 366 g/mol. The molecule has 2 heterocycles. The summed E-state index contributed by atoms with van der Waals surface area (Å²) in [5.74, 6) is 2.32. The first-order chi connectivity index (χ1) is 13.6. The molecule has 9 nitrogen and oxygen atoms in total. The number of methoxy groups -OCH3 is 2. The number of aromatic nitrogens is 2. The standard InChI is InChI=1S/C19H17N3O6/c1-24-13-7-12(8-14(9-13)25-2)18(23)20-19-22-21-17(28-19)6-11-3-4-15-16(5-11)27-10-26-15/h3-5,7-9H,6,10H2,1-2H3,(H,20,22,23). The van der Waals surface area contributed by atoms with Crippen molar-refractivity contribution in [1.29, 1.82) is 0 Å². The zero-order valence-corrected chi connectivity index (χ0v) is 15.2. The van der Waals surface area contributed by atoms with Crippen molar-refractivity contribution in [2.24, 2.45) is 0 Å². The molecule has 0 saturated carbocycles. The Kier molecular flexibility index (Phi) is 4.71. The number of amides is 1. The van der Waals surface area contributed by atoms with E-state index in [0.717, 1.165) is 5.56 Å². The van der Waals surface area contributed by atoms with E-state index in [4.69, 9.17) is 23.4 Å². The van der Waals surface area contributed by atoms with Crippen LogP contribution in [0.15, 0.2) is 40.8 Å². The van der Waals surface area contributed by atoms with Crippen molar-refractivity contribution in [2.45, 2.75) is 6.42 Å². The van der Waals surface area contributed by atoms with Crippen molar-refractivity contribution in [3.8, 4) is 23.0 Å². The fourth-order valence-corrected chi connectivity index (χ4v) is 2.71. The third-order valence-electron chi connectivity index (χ3n) is 4.09. The number of fused-ring (bicyclic) bond motifs is 1. The highest BCUT2D eigenvalue weighted by Crippen LogP contribution is 2.33. The minimum atomic E-state index is -0.421. The van der Waals surface area contributed by atoms with E-state index in [-0.39, 0.29) is 12.8 Å². The summed E-state index contributed by atoms with van der Waals surface area (Å²) < 4.78 is 26.5. The second-order valence-corrected chi connectivity index (χ2v) is 5.92. The van der Waals surface area contributed by atoms with Gasteiger partial charge in [-0.3, -0.25) is 10.1 Å². The van der Waals surface area contributed by atoms with Crippen molar-refractivity contribution < 1.29 is 28.2 Å². The lowest BCUT2D eigenvalue weighted by atomic mass is 10.1. The molecule has 1 N–H and O–H groups in total. The maximum absolute atomic E-state index is 12.5. The maximum atomic E-state index is 12.5. The number of hydrogen-bond donors (Lipinski definition) is 1. The summed E-state index contributed by atoms with van der Waals surface area (Å²) in [6.07, 6.45) is 0.395. The van der Waals surface area contributed by atoms with E-state index in [9.17, 15) is 4.79 Å². The van der Waals surface area contributed by atoms with E-state index < -0.39 is 5.91 Å². The van der Waals surface area contributed by atoms with Crippen LogP contribution in [0.25, 0.3) is 0 Å². The van der Waals surface area contributed by atoms with Gasteiger partial charge in [-0.15, -0.1) is 5.10 Å². The van der Waals surface area contributed by atoms with Gasteiger partial charge in [0.2, 0.25) is 12.7 Å². The average Bonchev–Trinajstić information content (AvgIpc) is 3.36. The van der Waals surface area contributed by atoms with Crippen molar-refractivity contribution in [2.75, 3.05) is 26.3 Å². The summed E-state index contributed by atoms with van der Waals surface area (Å²) in [7, 11) is 3.02. The quantitative estimate of drug-likeness (QED) is 0.693. The van der Waals surface area contributed by atoms with Gasteiger partial charge in [0, 0.05) is 11.6 Å². The van der Waals surface area contributed by atoms with Gasteiger partial charge >= 0.3 is 6.01 Å². The van der Waals surface area contributed by atoms with Crippen LogP contribution in [0.1, 0.15) is 21.8 Å². The highest BCUT2D eigenvalue weighted by atomic mass is 16.7. The van der Waals surface area contributed by atoms with Crippen LogP contribution in [-0.2, 0) is 6.42 Å². The topological polar surface area (TPSA) is 105 Å². The van der Waals surface area contributed by atoms with Crippen LogP contribution in [0.3, 0.4) is 0 Å². The third-order valence-corrected chi connectivity index (χ3v) is 4.09. The van der Waals surface area contributed by atoms with Gasteiger partial charge in [0.05, 0.1) is 20.6 Å². The molecule has 144 valence electrons. The van der Waals surface area contributed by atoms with E-state index in [1.807, 2.05) is 18.2 Å². The predicted molar refractivity (Wildman–Crippen MR) is 97.2 cm³/mol. The van der Waals surface area contributed by atoms with Crippen LogP contribution in [0.4, 0.5) is 6.01 Å². The van der Waals surface area contributed by atoms with E-state index in [2.05, 4.69) is 15.5 Å². The predicted octanol–water partition coefficient (Wildman–Crippen LogP) is 2.66. The number of rotatable bonds is 6. The minimum Gasteiger partial charge on any atom is -0.497 e. The SMILES string of the molecule is COc1cc(OC)cc(C(=O)Nc2nnc(Cc3ccc4c(c3)OCO4)o2)c1. The van der Waals surface area contributed by atoms with E-state index in [0.29, 0.717) is 40.9 Å². The molecule has 0 fully saturated rings. The Morgan fingerprint density at radius 2 is 1.79 bits per heavy atom. The fraction of sp³-hybridized carbons (Fsp3) is 0.211. The van der Waals surface area contributed by atoms with Gasteiger partial charge in [-0.2, -0.15) is 0 Å². The van der Waals surface area contributed by atoms with Gasteiger partial charge in [-0.05, 0) is 29.8 Å². The van der Waals surface area contributed by atoms with Gasteiger partial charge in [-0.1, -0.05) is 11.2 Å². The van der Waals surface area contributed by atoms with Crippen molar-refractivity contribution in [1.82, 2.24) is 10.2 Å². The monoisotopic (exact) mass is 383 g/mol. The van der Waals surface area contributed by atoms with Gasteiger partial charge in [-0.25, -0.2) is 0 Å². The summed E-state index contributed by atoms with van der Waals surface area (Å²) in [6.45, 7) is 0.213. The summed E-state index contributed by atoms with van der Waals surface area (Å²) in [4.78, 5) is 12.5. The lowest BCUT2D eigenvalue weighted by molar-refractivity contribution is 0.102. The molecule has 1 aliphatic rings. The maximum Gasteiger partial charge on any atom is 0.322 e. The van der Waals surface area contributed by atoms with Crippen LogP contribution in [0, 0.1) is 0 Å². The lowest BCUT2D eigenvalue weighted by Crippen LogP contribution is -2.12. The first-order valence-electron chi connectivity index (χ1n) is 8.40. The van der Waals surface area contributed by atoms with Crippen LogP contribution in [0.2, 0.25) is 0 Å². The Bertz CT molecular complexity index is 994. The summed E-state index contributed by atoms with van der Waals surface area (Å²) in [5, 5.41) is 10.4. The van der Waals surface area contributed by atoms with E-state index >= 15 is 0 Å². The molecule has 9 heteroatoms. The molecule has 1 aliphatic heterocycles. The van der Waals surface area contributed by atoms with Crippen molar-refractivity contribution >= 4 is 11.9 Å². The number of nitrogens with zero attached hydrogens (tertiary/aromatic N) is 2. The second-order valence-electron chi connectivity index (χ2n) is 5.92. The average molecular weight is 383 g/mol. The van der Waals surface area contributed by atoms with Crippen molar-refractivity contribution in [3.63, 3.8) is 0 Å². The first-order valence-corrected chi connectivity index (χ1v) is 8.40. The van der Waals surface area contributed by atoms with Gasteiger partial charge in [0.25, 0.3) is 5.91 Å². The van der Waals surface area contributed by atoms with Crippen LogP contribution in [-0.4, -0.2) is 37.1 Å². The number of benzene rings is 2. The molecule has 1 amide bonds. The molecule has 2 aromatic carbocycles. The Balaban J connectivity index is 1.45. The summed E-state index contributed by atoms with van der Waals surface area (Å²) >= 11 is 0. The van der Waals surface area contributed by atoms with E-state index in [1.54, 1.807) is 18.2 Å². The second kappa shape index (κ2) is 7.47. The van der Waals surface area contributed by atoms with Crippen molar-refractivity contribution in [3.05, 3.63) is 53.4 Å². The minimum absolute atomic E-state index is 0.00234. The highest BCUT2D eigenvalue weighted by molar-refractivity contribution is 6.03. The number of ether oxygens (including phenoxy) is 4.